The van der Waals surface area contributed by atoms with Crippen LogP contribution in [0.4, 0.5) is 0 Å². The summed E-state index contributed by atoms with van der Waals surface area (Å²) < 4.78 is 5.88. The molecule has 2 heterocycles. The summed E-state index contributed by atoms with van der Waals surface area (Å²) in [5.74, 6) is 2.33. The molecule has 0 aromatic heterocycles. The van der Waals surface area contributed by atoms with Crippen LogP contribution in [0.1, 0.15) is 28.8 Å². The average Bonchev–Trinajstić information content (AvgIpc) is 3.05. The van der Waals surface area contributed by atoms with E-state index >= 15 is 0 Å². The molecule has 4 nitrogen and oxygen atoms in total. The molecule has 0 bridgehead atoms. The van der Waals surface area contributed by atoms with Crippen LogP contribution in [0.25, 0.3) is 0 Å². The molecule has 26 heavy (non-hydrogen) atoms. The molecular weight excluding hydrogens is 324 g/mol. The van der Waals surface area contributed by atoms with E-state index in [4.69, 9.17) is 4.74 Å². The van der Waals surface area contributed by atoms with Crippen LogP contribution in [0.5, 0.6) is 5.75 Å². The fourth-order valence-electron chi connectivity index (χ4n) is 4.06. The van der Waals surface area contributed by atoms with E-state index < -0.39 is 0 Å². The predicted molar refractivity (Wildman–Crippen MR) is 102 cm³/mol. The standard InChI is InChI=1S/C22H26N2O2/c25-22(24-11-9-19-14-23-15-20(19)10-12-24)18-7-4-8-21(13-18)26-16-17-5-2-1-3-6-17/h1-8,13,19-20,23H,9-12,14-16H2/t19-,20+. The first kappa shape index (κ1) is 17.1. The third-order valence-corrected chi connectivity index (χ3v) is 5.64. The Kier molecular flexibility index (Phi) is 5.21. The number of carbonyl (C=O) groups is 1. The third kappa shape index (κ3) is 3.91. The summed E-state index contributed by atoms with van der Waals surface area (Å²) >= 11 is 0. The second-order valence-electron chi connectivity index (χ2n) is 7.35. The molecule has 0 unspecified atom stereocenters. The van der Waals surface area contributed by atoms with Crippen LogP contribution >= 0.6 is 0 Å². The fourth-order valence-corrected chi connectivity index (χ4v) is 4.06. The van der Waals surface area contributed by atoms with E-state index in [0.29, 0.717) is 6.61 Å². The Morgan fingerprint density at radius 1 is 1.00 bits per heavy atom. The van der Waals surface area contributed by atoms with Crippen molar-refractivity contribution >= 4 is 5.91 Å². The SMILES string of the molecule is O=C(c1cccc(OCc2ccccc2)c1)N1CC[C@@H]2CNC[C@@H]2CC1. The first-order valence-electron chi connectivity index (χ1n) is 9.56. The molecule has 1 N–H and O–H groups in total. The lowest BCUT2D eigenvalue weighted by atomic mass is 9.92. The van der Waals surface area contributed by atoms with Crippen LogP contribution in [0, 0.1) is 11.8 Å². The van der Waals surface area contributed by atoms with Crippen LogP contribution in [0.15, 0.2) is 54.6 Å². The highest BCUT2D eigenvalue weighted by atomic mass is 16.5. The second kappa shape index (κ2) is 7.92. The van der Waals surface area contributed by atoms with Gasteiger partial charge in [-0.1, -0.05) is 36.4 Å². The normalized spacial score (nSPS) is 22.5. The number of nitrogens with one attached hydrogen (secondary N) is 1. The molecule has 0 aliphatic carbocycles. The van der Waals surface area contributed by atoms with Crippen LogP contribution < -0.4 is 10.1 Å². The van der Waals surface area contributed by atoms with E-state index in [1.165, 1.54) is 0 Å². The van der Waals surface area contributed by atoms with Gasteiger partial charge in [-0.05, 0) is 61.5 Å². The predicted octanol–water partition coefficient (Wildman–Crippen LogP) is 3.34. The summed E-state index contributed by atoms with van der Waals surface area (Å²) in [5.41, 5.74) is 1.85. The third-order valence-electron chi connectivity index (χ3n) is 5.64. The number of hydrogen-bond acceptors (Lipinski definition) is 3. The first-order chi connectivity index (χ1) is 12.8. The molecular formula is C22H26N2O2. The Bertz CT molecular complexity index is 733. The van der Waals surface area contributed by atoms with Crippen molar-refractivity contribution in [3.8, 4) is 5.75 Å². The van der Waals surface area contributed by atoms with Gasteiger partial charge >= 0.3 is 0 Å². The van der Waals surface area contributed by atoms with Gasteiger partial charge in [0, 0.05) is 18.7 Å². The van der Waals surface area contributed by atoms with Gasteiger partial charge in [0.15, 0.2) is 0 Å². The van der Waals surface area contributed by atoms with Gasteiger partial charge in [-0.2, -0.15) is 0 Å². The molecule has 1 amide bonds. The number of benzene rings is 2. The minimum Gasteiger partial charge on any atom is -0.489 e. The number of hydrogen-bond donors (Lipinski definition) is 1. The van der Waals surface area contributed by atoms with Gasteiger partial charge in [-0.25, -0.2) is 0 Å². The van der Waals surface area contributed by atoms with Crippen molar-refractivity contribution in [3.63, 3.8) is 0 Å². The molecule has 2 aliphatic rings. The Morgan fingerprint density at radius 2 is 1.73 bits per heavy atom. The van der Waals surface area contributed by atoms with Crippen molar-refractivity contribution in [2.24, 2.45) is 11.8 Å². The number of carbonyl (C=O) groups excluding carboxylic acids is 1. The molecule has 136 valence electrons. The van der Waals surface area contributed by atoms with Gasteiger partial charge in [0.05, 0.1) is 0 Å². The molecule has 2 atom stereocenters. The summed E-state index contributed by atoms with van der Waals surface area (Å²) in [6.45, 7) is 4.44. The topological polar surface area (TPSA) is 41.6 Å². The Hall–Kier alpha value is -2.33. The van der Waals surface area contributed by atoms with E-state index in [9.17, 15) is 4.79 Å². The molecule has 0 radical (unpaired) electrons. The number of nitrogens with zero attached hydrogens (tertiary/aromatic N) is 1. The molecule has 0 saturated carbocycles. The summed E-state index contributed by atoms with van der Waals surface area (Å²) in [7, 11) is 0. The average molecular weight is 350 g/mol. The molecule has 2 aliphatic heterocycles. The maximum atomic E-state index is 13.0. The summed E-state index contributed by atoms with van der Waals surface area (Å²) in [6.07, 6.45) is 2.21. The Morgan fingerprint density at radius 3 is 2.46 bits per heavy atom. The van der Waals surface area contributed by atoms with Crippen molar-refractivity contribution in [1.82, 2.24) is 10.2 Å². The zero-order chi connectivity index (χ0) is 17.8. The number of likely N-dealkylation sites (tertiary alicyclic amines) is 1. The van der Waals surface area contributed by atoms with Crippen molar-refractivity contribution < 1.29 is 9.53 Å². The smallest absolute Gasteiger partial charge is 0.253 e. The van der Waals surface area contributed by atoms with Gasteiger partial charge in [0.25, 0.3) is 5.91 Å². The van der Waals surface area contributed by atoms with Crippen molar-refractivity contribution in [1.29, 1.82) is 0 Å². The highest BCUT2D eigenvalue weighted by Crippen LogP contribution is 2.28. The summed E-state index contributed by atoms with van der Waals surface area (Å²) in [6, 6.07) is 17.7. The molecule has 4 heteroatoms. The number of rotatable bonds is 4. The van der Waals surface area contributed by atoms with Crippen LogP contribution in [0.2, 0.25) is 0 Å². The Balaban J connectivity index is 1.40. The van der Waals surface area contributed by atoms with Crippen molar-refractivity contribution in [2.75, 3.05) is 26.2 Å². The zero-order valence-corrected chi connectivity index (χ0v) is 15.1. The van der Waals surface area contributed by atoms with Gasteiger partial charge in [-0.15, -0.1) is 0 Å². The van der Waals surface area contributed by atoms with Crippen molar-refractivity contribution in [2.45, 2.75) is 19.4 Å². The number of ether oxygens (including phenoxy) is 1. The Labute approximate surface area is 155 Å². The van der Waals surface area contributed by atoms with E-state index in [1.54, 1.807) is 0 Å². The van der Waals surface area contributed by atoms with Gasteiger partial charge in [-0.3, -0.25) is 4.79 Å². The number of fused-ring (bicyclic) bond motifs is 1. The van der Waals surface area contributed by atoms with E-state index in [-0.39, 0.29) is 5.91 Å². The lowest BCUT2D eigenvalue weighted by molar-refractivity contribution is 0.0758. The second-order valence-corrected chi connectivity index (χ2v) is 7.35. The minimum atomic E-state index is 0.128. The lowest BCUT2D eigenvalue weighted by Crippen LogP contribution is -2.32. The van der Waals surface area contributed by atoms with E-state index in [1.807, 2.05) is 59.5 Å². The minimum absolute atomic E-state index is 0.128. The zero-order valence-electron chi connectivity index (χ0n) is 15.1. The largest absolute Gasteiger partial charge is 0.489 e. The maximum Gasteiger partial charge on any atom is 0.253 e. The summed E-state index contributed by atoms with van der Waals surface area (Å²) in [4.78, 5) is 15.0. The van der Waals surface area contributed by atoms with Gasteiger partial charge in [0.1, 0.15) is 12.4 Å². The number of amides is 1. The lowest BCUT2D eigenvalue weighted by Gasteiger charge is -2.21. The van der Waals surface area contributed by atoms with Crippen molar-refractivity contribution in [3.05, 3.63) is 65.7 Å². The highest BCUT2D eigenvalue weighted by Gasteiger charge is 2.31. The molecule has 0 spiro atoms. The van der Waals surface area contributed by atoms with Crippen LogP contribution in [-0.2, 0) is 6.61 Å². The maximum absolute atomic E-state index is 13.0. The first-order valence-corrected chi connectivity index (χ1v) is 9.56. The fraction of sp³-hybridized carbons (Fsp3) is 0.409. The molecule has 4 rings (SSSR count). The quantitative estimate of drug-likeness (QED) is 0.920. The molecule has 2 aromatic carbocycles. The monoisotopic (exact) mass is 350 g/mol. The van der Waals surface area contributed by atoms with E-state index in [0.717, 1.165) is 67.7 Å². The van der Waals surface area contributed by atoms with Gasteiger partial charge < -0.3 is 15.0 Å². The highest BCUT2D eigenvalue weighted by molar-refractivity contribution is 5.94. The molecule has 2 aromatic rings. The molecule has 2 fully saturated rings. The van der Waals surface area contributed by atoms with Crippen LogP contribution in [-0.4, -0.2) is 37.0 Å². The van der Waals surface area contributed by atoms with Crippen LogP contribution in [0.3, 0.4) is 0 Å². The van der Waals surface area contributed by atoms with Gasteiger partial charge in [0.2, 0.25) is 0 Å². The summed E-state index contributed by atoms with van der Waals surface area (Å²) in [5, 5.41) is 3.48. The van der Waals surface area contributed by atoms with E-state index in [2.05, 4.69) is 5.32 Å². The molecule has 2 saturated heterocycles.